The van der Waals surface area contributed by atoms with E-state index in [-0.39, 0.29) is 12.4 Å². The van der Waals surface area contributed by atoms with Crippen LogP contribution >= 0.6 is 23.7 Å². The van der Waals surface area contributed by atoms with Gasteiger partial charge in [0, 0.05) is 32.7 Å². The first-order valence-electron chi connectivity index (χ1n) is 10.4. The lowest BCUT2D eigenvalue weighted by molar-refractivity contribution is 0.0673. The van der Waals surface area contributed by atoms with Crippen molar-refractivity contribution >= 4 is 29.4 Å². The molecule has 1 aliphatic heterocycles. The molecule has 0 radical (unpaired) electrons. The summed E-state index contributed by atoms with van der Waals surface area (Å²) in [6.45, 7) is 11.7. The number of aliphatic hydroxyl groups is 1. The number of hydrogen-bond acceptors (Lipinski definition) is 7. The molecule has 1 fully saturated rings. The zero-order valence-corrected chi connectivity index (χ0v) is 19.8. The summed E-state index contributed by atoms with van der Waals surface area (Å²) in [6, 6.07) is 8.30. The van der Waals surface area contributed by atoms with Crippen LogP contribution in [-0.2, 0) is 0 Å². The molecule has 1 aromatic carbocycles. The van der Waals surface area contributed by atoms with E-state index in [0.717, 1.165) is 55.7 Å². The smallest absolute Gasteiger partial charge is 0.197 e. The molecule has 0 spiro atoms. The first-order valence-corrected chi connectivity index (χ1v) is 11.3. The van der Waals surface area contributed by atoms with Crippen LogP contribution in [0.15, 0.2) is 29.8 Å². The van der Waals surface area contributed by atoms with Crippen LogP contribution in [0.5, 0.6) is 10.8 Å². The minimum atomic E-state index is -0.505. The molecule has 0 saturated carbocycles. The van der Waals surface area contributed by atoms with Crippen molar-refractivity contribution in [2.24, 2.45) is 5.92 Å². The highest BCUT2D eigenvalue weighted by Gasteiger charge is 2.22. The van der Waals surface area contributed by atoms with Crippen molar-refractivity contribution in [3.63, 3.8) is 0 Å². The molecule has 1 unspecified atom stereocenters. The summed E-state index contributed by atoms with van der Waals surface area (Å²) in [5.41, 5.74) is 3.81. The topological polar surface area (TPSA) is 58.1 Å². The van der Waals surface area contributed by atoms with Crippen LogP contribution in [0.4, 0.5) is 5.69 Å². The Bertz CT molecular complexity index is 751. The molecule has 2 aromatic rings. The highest BCUT2D eigenvalue weighted by atomic mass is 35.5. The highest BCUT2D eigenvalue weighted by Crippen LogP contribution is 2.29. The van der Waals surface area contributed by atoms with Crippen LogP contribution in [0.2, 0.25) is 0 Å². The highest BCUT2D eigenvalue weighted by molar-refractivity contribution is 7.11. The van der Waals surface area contributed by atoms with E-state index < -0.39 is 6.10 Å². The van der Waals surface area contributed by atoms with E-state index in [1.54, 1.807) is 5.51 Å². The predicted molar refractivity (Wildman–Crippen MR) is 126 cm³/mol. The monoisotopic (exact) mass is 455 g/mol. The summed E-state index contributed by atoms with van der Waals surface area (Å²) < 4.78 is 11.7. The Balaban J connectivity index is 0.00000320. The third kappa shape index (κ3) is 7.30. The van der Waals surface area contributed by atoms with Crippen molar-refractivity contribution in [3.05, 3.63) is 35.5 Å². The van der Waals surface area contributed by atoms with Gasteiger partial charge in [-0.15, -0.1) is 12.4 Å². The maximum Gasteiger partial charge on any atom is 0.197 e. The Kier molecular flexibility index (Phi) is 10.2. The first-order chi connectivity index (χ1) is 14.0. The van der Waals surface area contributed by atoms with E-state index in [9.17, 15) is 5.11 Å². The zero-order valence-electron chi connectivity index (χ0n) is 18.1. The molecule has 0 amide bonds. The SMILES string of the molecule is Cc1ncsc1OCC(O)CN1CCN(c2ccccc2OCCC(C)C)CC1.Cl. The van der Waals surface area contributed by atoms with E-state index in [2.05, 4.69) is 46.8 Å². The fraction of sp³-hybridized carbons (Fsp3) is 0.591. The van der Waals surface area contributed by atoms with E-state index in [4.69, 9.17) is 9.47 Å². The second kappa shape index (κ2) is 12.3. The second-order valence-electron chi connectivity index (χ2n) is 7.98. The number of para-hydroxylation sites is 2. The zero-order chi connectivity index (χ0) is 20.6. The van der Waals surface area contributed by atoms with Gasteiger partial charge in [-0.1, -0.05) is 37.3 Å². The van der Waals surface area contributed by atoms with E-state index in [1.807, 2.05) is 13.0 Å². The van der Waals surface area contributed by atoms with Crippen LogP contribution in [0.1, 0.15) is 26.0 Å². The second-order valence-corrected chi connectivity index (χ2v) is 8.79. The van der Waals surface area contributed by atoms with Gasteiger partial charge in [0.2, 0.25) is 0 Å². The Hall–Kier alpha value is -1.54. The van der Waals surface area contributed by atoms with Gasteiger partial charge in [0.25, 0.3) is 0 Å². The van der Waals surface area contributed by atoms with Crippen molar-refractivity contribution in [2.45, 2.75) is 33.3 Å². The number of aryl methyl sites for hydroxylation is 1. The van der Waals surface area contributed by atoms with Gasteiger partial charge in [0.05, 0.1) is 23.5 Å². The molecule has 6 nitrogen and oxygen atoms in total. The Labute approximate surface area is 190 Å². The number of rotatable bonds is 10. The number of β-amino-alcohol motifs (C(OH)–C–C–N with tert-alkyl or cyclic N) is 1. The average Bonchev–Trinajstić information content (AvgIpc) is 3.12. The maximum atomic E-state index is 10.3. The van der Waals surface area contributed by atoms with Crippen molar-refractivity contribution < 1.29 is 14.6 Å². The van der Waals surface area contributed by atoms with Gasteiger partial charge in [-0.25, -0.2) is 4.98 Å². The largest absolute Gasteiger partial charge is 0.491 e. The van der Waals surface area contributed by atoms with Gasteiger partial charge in [-0.3, -0.25) is 4.90 Å². The van der Waals surface area contributed by atoms with Crippen LogP contribution in [0.25, 0.3) is 0 Å². The van der Waals surface area contributed by atoms with Crippen LogP contribution in [-0.4, -0.2) is 67.0 Å². The number of benzene rings is 1. The quantitative estimate of drug-likeness (QED) is 0.587. The van der Waals surface area contributed by atoms with Crippen LogP contribution in [0.3, 0.4) is 0 Å². The number of piperazine rings is 1. The third-order valence-electron chi connectivity index (χ3n) is 5.11. The average molecular weight is 456 g/mol. The van der Waals surface area contributed by atoms with E-state index in [1.165, 1.54) is 17.0 Å². The number of ether oxygens (including phenoxy) is 2. The molecule has 1 N–H and O–H groups in total. The minimum Gasteiger partial charge on any atom is -0.491 e. The maximum absolute atomic E-state index is 10.3. The van der Waals surface area contributed by atoms with Gasteiger partial charge in [-0.05, 0) is 31.4 Å². The van der Waals surface area contributed by atoms with Crippen molar-refractivity contribution in [3.8, 4) is 10.8 Å². The summed E-state index contributed by atoms with van der Waals surface area (Å²) in [5, 5.41) is 11.1. The van der Waals surface area contributed by atoms with E-state index >= 15 is 0 Å². The van der Waals surface area contributed by atoms with Crippen molar-refractivity contribution in [1.82, 2.24) is 9.88 Å². The molecule has 1 aromatic heterocycles. The molecule has 30 heavy (non-hydrogen) atoms. The Morgan fingerprint density at radius 1 is 1.13 bits per heavy atom. The number of nitrogens with zero attached hydrogens (tertiary/aromatic N) is 3. The molecule has 1 aliphatic rings. The van der Waals surface area contributed by atoms with Gasteiger partial charge in [-0.2, -0.15) is 0 Å². The van der Waals surface area contributed by atoms with Crippen molar-refractivity contribution in [1.29, 1.82) is 0 Å². The first kappa shape index (κ1) is 24.7. The molecule has 1 saturated heterocycles. The van der Waals surface area contributed by atoms with Gasteiger partial charge in [0.1, 0.15) is 18.5 Å². The standard InChI is InChI=1S/C22H33N3O3S.ClH/c1-17(2)8-13-27-21-7-5-4-6-20(21)25-11-9-24(10-12-25)14-19(26)15-28-22-18(3)23-16-29-22;/h4-7,16-17,19,26H,8-15H2,1-3H3;1H. The number of halogens is 1. The summed E-state index contributed by atoms with van der Waals surface area (Å²) in [5.74, 6) is 1.61. The normalized spacial score (nSPS) is 15.7. The molecule has 0 aliphatic carbocycles. The predicted octanol–water partition coefficient (Wildman–Crippen LogP) is 3.86. The lowest BCUT2D eigenvalue weighted by Gasteiger charge is -2.37. The summed E-state index contributed by atoms with van der Waals surface area (Å²) in [6.07, 6.45) is 0.554. The van der Waals surface area contributed by atoms with E-state index in [0.29, 0.717) is 19.1 Å². The van der Waals surface area contributed by atoms with Crippen LogP contribution in [0, 0.1) is 12.8 Å². The van der Waals surface area contributed by atoms with Gasteiger partial charge in [0.15, 0.2) is 5.06 Å². The molecule has 0 bridgehead atoms. The molecular weight excluding hydrogens is 422 g/mol. The molecule has 1 atom stereocenters. The number of hydrogen-bond donors (Lipinski definition) is 1. The van der Waals surface area contributed by atoms with Gasteiger partial charge < -0.3 is 19.5 Å². The fourth-order valence-electron chi connectivity index (χ4n) is 3.37. The fourth-order valence-corrected chi connectivity index (χ4v) is 4.03. The minimum absolute atomic E-state index is 0. The molecular formula is C22H34ClN3O3S. The summed E-state index contributed by atoms with van der Waals surface area (Å²) >= 11 is 1.47. The molecule has 168 valence electrons. The summed E-state index contributed by atoms with van der Waals surface area (Å²) in [4.78, 5) is 8.84. The number of anilines is 1. The molecule has 8 heteroatoms. The Morgan fingerprint density at radius 2 is 1.87 bits per heavy atom. The Morgan fingerprint density at radius 3 is 2.53 bits per heavy atom. The molecule has 2 heterocycles. The third-order valence-corrected chi connectivity index (χ3v) is 5.95. The summed E-state index contributed by atoms with van der Waals surface area (Å²) in [7, 11) is 0. The van der Waals surface area contributed by atoms with Crippen LogP contribution < -0.4 is 14.4 Å². The number of thiazole rings is 1. The lowest BCUT2D eigenvalue weighted by atomic mass is 10.1. The number of aromatic nitrogens is 1. The lowest BCUT2D eigenvalue weighted by Crippen LogP contribution is -2.49. The van der Waals surface area contributed by atoms with Crippen molar-refractivity contribution in [2.75, 3.05) is 50.8 Å². The number of aliphatic hydroxyl groups excluding tert-OH is 1. The molecule has 3 rings (SSSR count). The van der Waals surface area contributed by atoms with Gasteiger partial charge >= 0.3 is 0 Å².